The molecule has 1 fully saturated rings. The molecule has 0 aliphatic carbocycles. The molecule has 0 aromatic heterocycles. The zero-order valence-corrected chi connectivity index (χ0v) is 10.8. The lowest BCUT2D eigenvalue weighted by Crippen LogP contribution is -2.35. The monoisotopic (exact) mass is 262 g/mol. The van der Waals surface area contributed by atoms with Crippen LogP contribution in [0.2, 0.25) is 0 Å². The summed E-state index contributed by atoms with van der Waals surface area (Å²) in [6.45, 7) is 2.23. The summed E-state index contributed by atoms with van der Waals surface area (Å²) in [6, 6.07) is 5.45. The summed E-state index contributed by atoms with van der Waals surface area (Å²) in [4.78, 5) is 12.0. The molecule has 0 spiro atoms. The van der Waals surface area contributed by atoms with E-state index in [0.717, 1.165) is 37.2 Å². The highest BCUT2D eigenvalue weighted by atomic mass is 16.5. The lowest BCUT2D eigenvalue weighted by Gasteiger charge is -2.13. The maximum Gasteiger partial charge on any atom is 0.241 e. The quantitative estimate of drug-likeness (QED) is 0.848. The van der Waals surface area contributed by atoms with E-state index < -0.39 is 0 Å². The fourth-order valence-corrected chi connectivity index (χ4v) is 2.38. The highest BCUT2D eigenvalue weighted by Crippen LogP contribution is 2.32. The Kier molecular flexibility index (Phi) is 3.55. The number of ether oxygens (including phenoxy) is 2. The number of nitrogens with one attached hydrogen (secondary N) is 2. The largest absolute Gasteiger partial charge is 0.490 e. The van der Waals surface area contributed by atoms with Crippen molar-refractivity contribution in [3.8, 4) is 11.5 Å². The van der Waals surface area contributed by atoms with Crippen LogP contribution in [0, 0.1) is 0 Å². The van der Waals surface area contributed by atoms with Crippen LogP contribution in [0.25, 0.3) is 0 Å². The molecule has 0 radical (unpaired) electrons. The molecule has 0 bridgehead atoms. The van der Waals surface area contributed by atoms with Crippen LogP contribution in [0.4, 0.5) is 5.69 Å². The molecular weight excluding hydrogens is 244 g/mol. The van der Waals surface area contributed by atoms with Crippen LogP contribution in [0.5, 0.6) is 11.5 Å². The molecule has 2 aliphatic rings. The highest BCUT2D eigenvalue weighted by Gasteiger charge is 2.22. The van der Waals surface area contributed by atoms with Gasteiger partial charge in [0, 0.05) is 18.2 Å². The Morgan fingerprint density at radius 3 is 2.84 bits per heavy atom. The first-order chi connectivity index (χ1) is 9.33. The number of hydrogen-bond acceptors (Lipinski definition) is 4. The van der Waals surface area contributed by atoms with Crippen molar-refractivity contribution in [2.24, 2.45) is 0 Å². The van der Waals surface area contributed by atoms with Gasteiger partial charge in [0.05, 0.1) is 19.3 Å². The predicted octanol–water partition coefficient (Wildman–Crippen LogP) is 1.54. The molecule has 2 aliphatic heterocycles. The van der Waals surface area contributed by atoms with Gasteiger partial charge in [-0.15, -0.1) is 0 Å². The Balaban J connectivity index is 1.71. The Morgan fingerprint density at radius 1 is 1.21 bits per heavy atom. The Bertz CT molecular complexity index is 470. The Labute approximate surface area is 112 Å². The Morgan fingerprint density at radius 2 is 2.05 bits per heavy atom. The second-order valence-electron chi connectivity index (χ2n) is 4.85. The first-order valence-electron chi connectivity index (χ1n) is 6.77. The summed E-state index contributed by atoms with van der Waals surface area (Å²) >= 11 is 0. The molecule has 19 heavy (non-hydrogen) atoms. The topological polar surface area (TPSA) is 59.6 Å². The number of carbonyl (C=O) groups is 1. The average molecular weight is 262 g/mol. The predicted molar refractivity (Wildman–Crippen MR) is 71.7 cm³/mol. The standard InChI is InChI=1S/C14H18N2O3/c17-14(11-3-1-6-15-11)16-10-4-5-12-13(9-10)19-8-2-7-18-12/h4-5,9,11,15H,1-3,6-8H2,(H,16,17)/t11-/m0/s1. The third-order valence-corrected chi connectivity index (χ3v) is 3.39. The van der Waals surface area contributed by atoms with Crippen LogP contribution in [0.3, 0.4) is 0 Å². The number of anilines is 1. The van der Waals surface area contributed by atoms with Gasteiger partial charge in [-0.1, -0.05) is 0 Å². The molecule has 5 nitrogen and oxygen atoms in total. The number of amides is 1. The second kappa shape index (κ2) is 5.48. The van der Waals surface area contributed by atoms with Crippen LogP contribution in [-0.2, 0) is 4.79 Å². The average Bonchev–Trinajstić information content (AvgIpc) is 2.85. The number of benzene rings is 1. The summed E-state index contributed by atoms with van der Waals surface area (Å²) in [6.07, 6.45) is 2.83. The van der Waals surface area contributed by atoms with Gasteiger partial charge < -0.3 is 20.1 Å². The molecule has 0 unspecified atom stereocenters. The van der Waals surface area contributed by atoms with Gasteiger partial charge in [-0.2, -0.15) is 0 Å². The minimum Gasteiger partial charge on any atom is -0.490 e. The van der Waals surface area contributed by atoms with Crippen molar-refractivity contribution >= 4 is 11.6 Å². The molecule has 1 saturated heterocycles. The SMILES string of the molecule is O=C(Nc1ccc2c(c1)OCCCO2)[C@@H]1CCCN1. The van der Waals surface area contributed by atoms with E-state index in [1.807, 2.05) is 18.2 Å². The van der Waals surface area contributed by atoms with Crippen molar-refractivity contribution < 1.29 is 14.3 Å². The molecule has 1 atom stereocenters. The van der Waals surface area contributed by atoms with Gasteiger partial charge in [0.2, 0.25) is 5.91 Å². The smallest absolute Gasteiger partial charge is 0.241 e. The fraction of sp³-hybridized carbons (Fsp3) is 0.500. The van der Waals surface area contributed by atoms with Crippen molar-refractivity contribution in [2.75, 3.05) is 25.1 Å². The number of rotatable bonds is 2. The molecule has 1 amide bonds. The van der Waals surface area contributed by atoms with Crippen LogP contribution in [-0.4, -0.2) is 31.7 Å². The summed E-state index contributed by atoms with van der Waals surface area (Å²) in [5.41, 5.74) is 0.753. The number of carbonyl (C=O) groups excluding carboxylic acids is 1. The van der Waals surface area contributed by atoms with Gasteiger partial charge in [0.25, 0.3) is 0 Å². The van der Waals surface area contributed by atoms with E-state index in [9.17, 15) is 4.79 Å². The lowest BCUT2D eigenvalue weighted by atomic mass is 10.2. The van der Waals surface area contributed by atoms with Crippen LogP contribution < -0.4 is 20.1 Å². The first kappa shape index (κ1) is 12.3. The first-order valence-corrected chi connectivity index (χ1v) is 6.77. The van der Waals surface area contributed by atoms with E-state index in [-0.39, 0.29) is 11.9 Å². The number of fused-ring (bicyclic) bond motifs is 1. The number of hydrogen-bond donors (Lipinski definition) is 2. The fourth-order valence-electron chi connectivity index (χ4n) is 2.38. The van der Waals surface area contributed by atoms with Crippen molar-refractivity contribution in [1.29, 1.82) is 0 Å². The van der Waals surface area contributed by atoms with E-state index >= 15 is 0 Å². The second-order valence-corrected chi connectivity index (χ2v) is 4.85. The summed E-state index contributed by atoms with van der Waals surface area (Å²) in [5, 5.41) is 6.10. The molecule has 2 heterocycles. The van der Waals surface area contributed by atoms with E-state index in [1.54, 1.807) is 0 Å². The van der Waals surface area contributed by atoms with Gasteiger partial charge in [-0.3, -0.25) is 4.79 Å². The summed E-state index contributed by atoms with van der Waals surface area (Å²) in [7, 11) is 0. The minimum atomic E-state index is -0.0732. The maximum absolute atomic E-state index is 12.0. The van der Waals surface area contributed by atoms with Crippen LogP contribution in [0.1, 0.15) is 19.3 Å². The van der Waals surface area contributed by atoms with Gasteiger partial charge in [-0.25, -0.2) is 0 Å². The zero-order valence-electron chi connectivity index (χ0n) is 10.8. The Hall–Kier alpha value is -1.75. The third kappa shape index (κ3) is 2.81. The molecule has 1 aromatic rings. The lowest BCUT2D eigenvalue weighted by molar-refractivity contribution is -0.117. The van der Waals surface area contributed by atoms with E-state index in [4.69, 9.17) is 9.47 Å². The maximum atomic E-state index is 12.0. The molecule has 3 rings (SSSR count). The van der Waals surface area contributed by atoms with E-state index in [2.05, 4.69) is 10.6 Å². The van der Waals surface area contributed by atoms with Gasteiger partial charge in [-0.05, 0) is 31.5 Å². The van der Waals surface area contributed by atoms with Crippen molar-refractivity contribution in [1.82, 2.24) is 5.32 Å². The van der Waals surface area contributed by atoms with Crippen LogP contribution in [0.15, 0.2) is 18.2 Å². The molecule has 2 N–H and O–H groups in total. The van der Waals surface area contributed by atoms with Crippen molar-refractivity contribution in [3.63, 3.8) is 0 Å². The van der Waals surface area contributed by atoms with Gasteiger partial charge in [0.15, 0.2) is 11.5 Å². The molecule has 1 aromatic carbocycles. The third-order valence-electron chi connectivity index (χ3n) is 3.39. The van der Waals surface area contributed by atoms with Gasteiger partial charge in [0.1, 0.15) is 0 Å². The molecular formula is C14H18N2O3. The molecule has 5 heteroatoms. The van der Waals surface area contributed by atoms with E-state index in [1.165, 1.54) is 0 Å². The van der Waals surface area contributed by atoms with E-state index in [0.29, 0.717) is 19.0 Å². The minimum absolute atomic E-state index is 0.0204. The highest BCUT2D eigenvalue weighted by molar-refractivity contribution is 5.95. The van der Waals surface area contributed by atoms with Crippen LogP contribution >= 0.6 is 0 Å². The molecule has 0 saturated carbocycles. The van der Waals surface area contributed by atoms with Gasteiger partial charge >= 0.3 is 0 Å². The molecule has 102 valence electrons. The van der Waals surface area contributed by atoms with Crippen molar-refractivity contribution in [2.45, 2.75) is 25.3 Å². The normalized spacial score (nSPS) is 21.8. The van der Waals surface area contributed by atoms with Crippen molar-refractivity contribution in [3.05, 3.63) is 18.2 Å². The summed E-state index contributed by atoms with van der Waals surface area (Å²) < 4.78 is 11.2. The zero-order chi connectivity index (χ0) is 13.1. The summed E-state index contributed by atoms with van der Waals surface area (Å²) in [5.74, 6) is 1.47.